The Labute approximate surface area is 124 Å². The van der Waals surface area contributed by atoms with Gasteiger partial charge in [-0.25, -0.2) is 4.99 Å². The zero-order chi connectivity index (χ0) is 14.9. The first kappa shape index (κ1) is 13.8. The van der Waals surface area contributed by atoms with Gasteiger partial charge in [0.1, 0.15) is 5.71 Å². The van der Waals surface area contributed by atoms with Crippen LogP contribution in [0.5, 0.6) is 0 Å². The van der Waals surface area contributed by atoms with Crippen LogP contribution >= 0.6 is 0 Å². The van der Waals surface area contributed by atoms with Crippen molar-refractivity contribution in [3.05, 3.63) is 35.9 Å². The van der Waals surface area contributed by atoms with E-state index in [1.165, 1.54) is 0 Å². The lowest BCUT2D eigenvalue weighted by Crippen LogP contribution is -2.56. The van der Waals surface area contributed by atoms with Gasteiger partial charge in [0.05, 0.1) is 6.54 Å². The molecule has 2 heterocycles. The Bertz CT molecular complexity index is 597. The maximum Gasteiger partial charge on any atom is 0.272 e. The van der Waals surface area contributed by atoms with E-state index in [-0.39, 0.29) is 11.8 Å². The van der Waals surface area contributed by atoms with Gasteiger partial charge in [-0.05, 0) is 12.8 Å². The topological polar surface area (TPSA) is 61.8 Å². The Hall–Kier alpha value is -2.17. The summed E-state index contributed by atoms with van der Waals surface area (Å²) in [5, 5.41) is 2.99. The molecule has 1 saturated heterocycles. The lowest BCUT2D eigenvalue weighted by molar-refractivity contribution is -0.134. The van der Waals surface area contributed by atoms with Crippen LogP contribution in [0.25, 0.3) is 0 Å². The summed E-state index contributed by atoms with van der Waals surface area (Å²) >= 11 is 0. The van der Waals surface area contributed by atoms with Crippen molar-refractivity contribution in [3.8, 4) is 0 Å². The zero-order valence-corrected chi connectivity index (χ0v) is 12.1. The predicted molar refractivity (Wildman–Crippen MR) is 80.0 cm³/mol. The second-order valence-electron chi connectivity index (χ2n) is 5.58. The number of amides is 2. The molecule has 2 amide bonds. The molecule has 110 valence electrons. The zero-order valence-electron chi connectivity index (χ0n) is 12.1. The predicted octanol–water partition coefficient (Wildman–Crippen LogP) is 1.33. The molecule has 5 nitrogen and oxygen atoms in total. The summed E-state index contributed by atoms with van der Waals surface area (Å²) in [5.74, 6) is -0.0290. The first-order valence-electron chi connectivity index (χ1n) is 7.39. The number of nitrogens with one attached hydrogen (secondary N) is 1. The average molecular weight is 285 g/mol. The van der Waals surface area contributed by atoms with Crippen molar-refractivity contribution in [1.29, 1.82) is 0 Å². The van der Waals surface area contributed by atoms with Crippen LogP contribution in [-0.2, 0) is 9.59 Å². The molecule has 1 atom stereocenters. The third-order valence-electron chi connectivity index (χ3n) is 4.06. The molecule has 1 spiro atoms. The van der Waals surface area contributed by atoms with Gasteiger partial charge in [0.25, 0.3) is 5.91 Å². The highest BCUT2D eigenvalue weighted by Gasteiger charge is 2.43. The second kappa shape index (κ2) is 5.31. The van der Waals surface area contributed by atoms with E-state index in [1.54, 1.807) is 4.90 Å². The molecule has 1 N–H and O–H groups in total. The maximum absolute atomic E-state index is 12.2. The number of piperidine rings is 1. The summed E-state index contributed by atoms with van der Waals surface area (Å²) in [7, 11) is 0. The van der Waals surface area contributed by atoms with Gasteiger partial charge in [-0.3, -0.25) is 9.59 Å². The molecule has 0 radical (unpaired) electrons. The van der Waals surface area contributed by atoms with Crippen molar-refractivity contribution in [2.45, 2.75) is 31.8 Å². The van der Waals surface area contributed by atoms with Crippen molar-refractivity contribution in [3.63, 3.8) is 0 Å². The monoisotopic (exact) mass is 285 g/mol. The maximum atomic E-state index is 12.2. The van der Waals surface area contributed by atoms with Crippen molar-refractivity contribution < 1.29 is 9.59 Å². The fourth-order valence-electron chi connectivity index (χ4n) is 3.02. The van der Waals surface area contributed by atoms with Gasteiger partial charge in [-0.15, -0.1) is 0 Å². The summed E-state index contributed by atoms with van der Waals surface area (Å²) in [6.07, 6.45) is 2.12. The lowest BCUT2D eigenvalue weighted by atomic mass is 9.99. The molecule has 0 aromatic heterocycles. The third kappa shape index (κ3) is 2.55. The molecular weight excluding hydrogens is 266 g/mol. The van der Waals surface area contributed by atoms with Gasteiger partial charge in [0.15, 0.2) is 5.66 Å². The van der Waals surface area contributed by atoms with E-state index in [1.807, 2.05) is 37.3 Å². The number of benzene rings is 1. The molecule has 1 aromatic carbocycles. The van der Waals surface area contributed by atoms with Crippen LogP contribution in [0.4, 0.5) is 0 Å². The number of hydrogen-bond donors (Lipinski definition) is 1. The molecule has 5 heteroatoms. The SMILES string of the molecule is CCC(=O)N1CCCC2(C1)N=C(c1ccccc1)C(=O)N2. The third-order valence-corrected chi connectivity index (χ3v) is 4.06. The Morgan fingerprint density at radius 3 is 2.86 bits per heavy atom. The van der Waals surface area contributed by atoms with Crippen molar-refractivity contribution in [2.75, 3.05) is 13.1 Å². The number of carbonyl (C=O) groups is 2. The van der Waals surface area contributed by atoms with Crippen LogP contribution < -0.4 is 5.32 Å². The molecule has 2 aliphatic rings. The molecule has 1 unspecified atom stereocenters. The van der Waals surface area contributed by atoms with E-state index in [0.29, 0.717) is 18.7 Å². The number of hydrogen-bond acceptors (Lipinski definition) is 3. The minimum Gasteiger partial charge on any atom is -0.338 e. The van der Waals surface area contributed by atoms with Crippen molar-refractivity contribution in [2.24, 2.45) is 4.99 Å². The molecule has 1 fully saturated rings. The first-order chi connectivity index (χ1) is 10.1. The summed E-state index contributed by atoms with van der Waals surface area (Å²) in [6, 6.07) is 9.47. The van der Waals surface area contributed by atoms with Crippen molar-refractivity contribution >= 4 is 17.5 Å². The van der Waals surface area contributed by atoms with Crippen molar-refractivity contribution in [1.82, 2.24) is 10.2 Å². The Balaban J connectivity index is 1.88. The van der Waals surface area contributed by atoms with Crippen LogP contribution in [0.15, 0.2) is 35.3 Å². The molecule has 3 rings (SSSR count). The first-order valence-corrected chi connectivity index (χ1v) is 7.39. The Kier molecular flexibility index (Phi) is 3.49. The minimum absolute atomic E-state index is 0.117. The number of likely N-dealkylation sites (tertiary alicyclic amines) is 1. The van der Waals surface area contributed by atoms with E-state index in [2.05, 4.69) is 10.3 Å². The summed E-state index contributed by atoms with van der Waals surface area (Å²) in [4.78, 5) is 30.6. The van der Waals surface area contributed by atoms with E-state index in [9.17, 15) is 9.59 Å². The highest BCUT2D eigenvalue weighted by Crippen LogP contribution is 2.28. The quantitative estimate of drug-likeness (QED) is 0.891. The van der Waals surface area contributed by atoms with Gasteiger partial charge < -0.3 is 10.2 Å². The Morgan fingerprint density at radius 1 is 1.38 bits per heavy atom. The summed E-state index contributed by atoms with van der Waals surface area (Å²) in [5.41, 5.74) is 0.665. The fraction of sp³-hybridized carbons (Fsp3) is 0.438. The highest BCUT2D eigenvalue weighted by molar-refractivity contribution is 6.46. The van der Waals surface area contributed by atoms with Gasteiger partial charge in [-0.1, -0.05) is 37.3 Å². The average Bonchev–Trinajstić information content (AvgIpc) is 2.83. The normalized spacial score (nSPS) is 24.9. The number of carbonyl (C=O) groups excluding carboxylic acids is 2. The largest absolute Gasteiger partial charge is 0.338 e. The smallest absolute Gasteiger partial charge is 0.272 e. The summed E-state index contributed by atoms with van der Waals surface area (Å²) < 4.78 is 0. The van der Waals surface area contributed by atoms with Crippen LogP contribution in [0.1, 0.15) is 31.7 Å². The highest BCUT2D eigenvalue weighted by atomic mass is 16.2. The fourth-order valence-corrected chi connectivity index (χ4v) is 3.02. The van der Waals surface area contributed by atoms with Gasteiger partial charge >= 0.3 is 0 Å². The molecule has 0 aliphatic carbocycles. The van der Waals surface area contributed by atoms with Crippen LogP contribution in [0.3, 0.4) is 0 Å². The van der Waals surface area contributed by atoms with E-state index < -0.39 is 5.66 Å². The van der Waals surface area contributed by atoms with Gasteiger partial charge in [-0.2, -0.15) is 0 Å². The van der Waals surface area contributed by atoms with E-state index in [4.69, 9.17) is 0 Å². The molecular formula is C16H19N3O2. The van der Waals surface area contributed by atoms with Crippen LogP contribution in [-0.4, -0.2) is 41.2 Å². The van der Waals surface area contributed by atoms with Crippen LogP contribution in [0, 0.1) is 0 Å². The minimum atomic E-state index is -0.634. The molecule has 2 aliphatic heterocycles. The number of aliphatic imine (C=N–C) groups is 1. The molecule has 21 heavy (non-hydrogen) atoms. The van der Waals surface area contributed by atoms with E-state index >= 15 is 0 Å². The van der Waals surface area contributed by atoms with Gasteiger partial charge in [0, 0.05) is 18.5 Å². The van der Waals surface area contributed by atoms with Gasteiger partial charge in [0.2, 0.25) is 5.91 Å². The second-order valence-corrected chi connectivity index (χ2v) is 5.58. The van der Waals surface area contributed by atoms with Crippen LogP contribution in [0.2, 0.25) is 0 Å². The number of nitrogens with zero attached hydrogens (tertiary/aromatic N) is 2. The lowest BCUT2D eigenvalue weighted by Gasteiger charge is -2.38. The van der Waals surface area contributed by atoms with E-state index in [0.717, 1.165) is 24.9 Å². The molecule has 1 aromatic rings. The Morgan fingerprint density at radius 2 is 2.14 bits per heavy atom. The summed E-state index contributed by atoms with van der Waals surface area (Å²) in [6.45, 7) is 3.08. The standard InChI is InChI=1S/C16H19N3O2/c1-2-13(20)19-10-6-9-16(11-19)17-14(15(21)18-16)12-7-4-3-5-8-12/h3-5,7-8H,2,6,9-11H2,1H3,(H,18,21). The molecule has 0 saturated carbocycles. The molecule has 0 bridgehead atoms. The number of rotatable bonds is 2.